The lowest BCUT2D eigenvalue weighted by atomic mass is 9.94. The SMILES string of the molecule is CN(CCCNc1ncnc(Cl)c1N)C1CCCCC1. The number of halogens is 1. The number of nitrogens with zero attached hydrogens (tertiary/aromatic N) is 3. The molecule has 1 aliphatic carbocycles. The zero-order chi connectivity index (χ0) is 14.4. The summed E-state index contributed by atoms with van der Waals surface area (Å²) in [6.45, 7) is 1.94. The summed E-state index contributed by atoms with van der Waals surface area (Å²) in [6.07, 6.45) is 9.34. The van der Waals surface area contributed by atoms with Gasteiger partial charge in [0.25, 0.3) is 0 Å². The molecule has 1 saturated carbocycles. The van der Waals surface area contributed by atoms with Crippen molar-refractivity contribution in [2.75, 3.05) is 31.2 Å². The predicted molar refractivity (Wildman–Crippen MR) is 84.1 cm³/mol. The fourth-order valence-electron chi connectivity index (χ4n) is 2.75. The largest absolute Gasteiger partial charge is 0.393 e. The summed E-state index contributed by atoms with van der Waals surface area (Å²) in [6, 6.07) is 0.766. The molecule has 2 rings (SSSR count). The number of anilines is 2. The van der Waals surface area contributed by atoms with Gasteiger partial charge >= 0.3 is 0 Å². The van der Waals surface area contributed by atoms with Crippen LogP contribution in [0.3, 0.4) is 0 Å². The molecule has 0 aromatic carbocycles. The molecule has 0 unspecified atom stereocenters. The van der Waals surface area contributed by atoms with Crippen molar-refractivity contribution in [3.8, 4) is 0 Å². The Hall–Kier alpha value is -1.07. The summed E-state index contributed by atoms with van der Waals surface area (Å²) in [5, 5.41) is 3.53. The second-order valence-corrected chi connectivity index (χ2v) is 5.84. The van der Waals surface area contributed by atoms with Gasteiger partial charge in [-0.05, 0) is 32.9 Å². The number of rotatable bonds is 6. The Morgan fingerprint density at radius 2 is 2.10 bits per heavy atom. The van der Waals surface area contributed by atoms with E-state index in [2.05, 4.69) is 27.2 Å². The molecule has 5 nitrogen and oxygen atoms in total. The van der Waals surface area contributed by atoms with Gasteiger partial charge in [0.15, 0.2) is 11.0 Å². The van der Waals surface area contributed by atoms with Crippen molar-refractivity contribution in [2.24, 2.45) is 0 Å². The Morgan fingerprint density at radius 1 is 1.35 bits per heavy atom. The highest BCUT2D eigenvalue weighted by Crippen LogP contribution is 2.23. The maximum Gasteiger partial charge on any atom is 0.157 e. The van der Waals surface area contributed by atoms with Crippen molar-refractivity contribution in [3.05, 3.63) is 11.5 Å². The summed E-state index contributed by atoms with van der Waals surface area (Å²) in [5.74, 6) is 0.630. The van der Waals surface area contributed by atoms with Crippen LogP contribution in [0, 0.1) is 0 Å². The first kappa shape index (κ1) is 15.3. The molecule has 112 valence electrons. The molecule has 1 fully saturated rings. The van der Waals surface area contributed by atoms with Crippen LogP contribution >= 0.6 is 11.6 Å². The third kappa shape index (κ3) is 4.21. The third-order valence-electron chi connectivity index (χ3n) is 4.01. The molecule has 1 aliphatic rings. The number of aromatic nitrogens is 2. The summed E-state index contributed by atoms with van der Waals surface area (Å²) in [5.41, 5.74) is 6.24. The van der Waals surface area contributed by atoms with E-state index in [1.54, 1.807) is 0 Å². The predicted octanol–water partition coefficient (Wildman–Crippen LogP) is 2.78. The molecule has 1 aromatic heterocycles. The zero-order valence-corrected chi connectivity index (χ0v) is 12.9. The van der Waals surface area contributed by atoms with Gasteiger partial charge in [-0.2, -0.15) is 0 Å². The van der Waals surface area contributed by atoms with Gasteiger partial charge in [-0.1, -0.05) is 30.9 Å². The zero-order valence-electron chi connectivity index (χ0n) is 12.1. The normalized spacial score (nSPS) is 16.6. The first-order valence-corrected chi connectivity index (χ1v) is 7.76. The van der Waals surface area contributed by atoms with E-state index in [0.29, 0.717) is 16.7 Å². The second kappa shape index (κ2) is 7.64. The number of nitrogen functional groups attached to an aromatic ring is 1. The Morgan fingerprint density at radius 3 is 2.85 bits per heavy atom. The van der Waals surface area contributed by atoms with Crippen LogP contribution in [0.1, 0.15) is 38.5 Å². The highest BCUT2D eigenvalue weighted by atomic mass is 35.5. The Kier molecular flexibility index (Phi) is 5.86. The van der Waals surface area contributed by atoms with Gasteiger partial charge in [0, 0.05) is 12.6 Å². The van der Waals surface area contributed by atoms with Crippen LogP contribution in [-0.2, 0) is 0 Å². The summed E-state index contributed by atoms with van der Waals surface area (Å²) in [7, 11) is 2.23. The lowest BCUT2D eigenvalue weighted by Crippen LogP contribution is -2.34. The molecule has 0 aliphatic heterocycles. The summed E-state index contributed by atoms with van der Waals surface area (Å²) < 4.78 is 0. The highest BCUT2D eigenvalue weighted by Gasteiger charge is 2.17. The monoisotopic (exact) mass is 297 g/mol. The van der Waals surface area contributed by atoms with Crippen LogP contribution in [-0.4, -0.2) is 41.0 Å². The van der Waals surface area contributed by atoms with E-state index >= 15 is 0 Å². The fourth-order valence-corrected chi connectivity index (χ4v) is 2.89. The average molecular weight is 298 g/mol. The van der Waals surface area contributed by atoms with Crippen molar-refractivity contribution in [3.63, 3.8) is 0 Å². The van der Waals surface area contributed by atoms with Crippen LogP contribution in [0.4, 0.5) is 11.5 Å². The molecule has 0 amide bonds. The standard InChI is InChI=1S/C14H24ClN5/c1-20(11-6-3-2-4-7-11)9-5-8-17-14-12(16)13(15)18-10-19-14/h10-11H,2-9,16H2,1H3,(H,17,18,19). The van der Waals surface area contributed by atoms with Crippen molar-refractivity contribution in [1.29, 1.82) is 0 Å². The van der Waals surface area contributed by atoms with Crippen LogP contribution in [0.2, 0.25) is 5.15 Å². The molecule has 20 heavy (non-hydrogen) atoms. The average Bonchev–Trinajstić information content (AvgIpc) is 2.48. The van der Waals surface area contributed by atoms with Crippen LogP contribution in [0.15, 0.2) is 6.33 Å². The summed E-state index contributed by atoms with van der Waals surface area (Å²) in [4.78, 5) is 10.4. The highest BCUT2D eigenvalue weighted by molar-refractivity contribution is 6.32. The molecule has 0 atom stereocenters. The molecule has 1 aromatic rings. The van der Waals surface area contributed by atoms with E-state index in [4.69, 9.17) is 17.3 Å². The molecular formula is C14H24ClN5. The minimum atomic E-state index is 0.307. The molecular weight excluding hydrogens is 274 g/mol. The second-order valence-electron chi connectivity index (χ2n) is 5.48. The minimum Gasteiger partial charge on any atom is -0.393 e. The quantitative estimate of drug-likeness (QED) is 0.624. The van der Waals surface area contributed by atoms with Gasteiger partial charge in [-0.25, -0.2) is 9.97 Å². The molecule has 6 heteroatoms. The van der Waals surface area contributed by atoms with E-state index in [0.717, 1.165) is 25.6 Å². The van der Waals surface area contributed by atoms with Crippen LogP contribution in [0.5, 0.6) is 0 Å². The van der Waals surface area contributed by atoms with E-state index in [1.807, 2.05) is 0 Å². The lowest BCUT2D eigenvalue weighted by molar-refractivity contribution is 0.191. The van der Waals surface area contributed by atoms with Gasteiger partial charge in [-0.15, -0.1) is 0 Å². The van der Waals surface area contributed by atoms with E-state index in [1.165, 1.54) is 38.4 Å². The summed E-state index contributed by atoms with van der Waals surface area (Å²) >= 11 is 5.85. The number of nitrogens with two attached hydrogens (primary N) is 1. The van der Waals surface area contributed by atoms with Gasteiger partial charge < -0.3 is 16.0 Å². The lowest BCUT2D eigenvalue weighted by Gasteiger charge is -2.31. The Labute approximate surface area is 125 Å². The fraction of sp³-hybridized carbons (Fsp3) is 0.714. The maximum atomic E-state index is 5.85. The topological polar surface area (TPSA) is 67.1 Å². The molecule has 3 N–H and O–H groups in total. The smallest absolute Gasteiger partial charge is 0.157 e. The van der Waals surface area contributed by atoms with E-state index in [9.17, 15) is 0 Å². The molecule has 0 radical (unpaired) electrons. The van der Waals surface area contributed by atoms with Gasteiger partial charge in [0.05, 0.1) is 0 Å². The van der Waals surface area contributed by atoms with Crippen molar-refractivity contribution in [1.82, 2.24) is 14.9 Å². The Balaban J connectivity index is 1.69. The number of hydrogen-bond donors (Lipinski definition) is 2. The van der Waals surface area contributed by atoms with Crippen molar-refractivity contribution < 1.29 is 0 Å². The van der Waals surface area contributed by atoms with Crippen molar-refractivity contribution in [2.45, 2.75) is 44.6 Å². The Bertz CT molecular complexity index is 420. The number of hydrogen-bond acceptors (Lipinski definition) is 5. The minimum absolute atomic E-state index is 0.307. The first-order valence-electron chi connectivity index (χ1n) is 7.38. The van der Waals surface area contributed by atoms with E-state index in [-0.39, 0.29) is 0 Å². The van der Waals surface area contributed by atoms with Gasteiger partial charge in [-0.3, -0.25) is 0 Å². The van der Waals surface area contributed by atoms with Gasteiger partial charge in [0.1, 0.15) is 12.0 Å². The molecule has 1 heterocycles. The molecule has 0 spiro atoms. The van der Waals surface area contributed by atoms with Crippen molar-refractivity contribution >= 4 is 23.1 Å². The first-order chi connectivity index (χ1) is 9.68. The molecule has 0 saturated heterocycles. The van der Waals surface area contributed by atoms with Crippen LogP contribution < -0.4 is 11.1 Å². The maximum absolute atomic E-state index is 5.85. The van der Waals surface area contributed by atoms with Gasteiger partial charge in [0.2, 0.25) is 0 Å². The van der Waals surface area contributed by atoms with Crippen LogP contribution in [0.25, 0.3) is 0 Å². The number of nitrogens with one attached hydrogen (secondary N) is 1. The third-order valence-corrected chi connectivity index (χ3v) is 4.31. The van der Waals surface area contributed by atoms with E-state index < -0.39 is 0 Å². The molecule has 0 bridgehead atoms.